The number of hydrogen-bond acceptors (Lipinski definition) is 10. The Morgan fingerprint density at radius 3 is 0.966 bits per heavy atom. The molecule has 8 aromatic rings. The molecule has 289 valence electrons. The molecule has 0 unspecified atom stereocenters. The van der Waals surface area contributed by atoms with Crippen LogP contribution in [0.5, 0.6) is 0 Å². The van der Waals surface area contributed by atoms with Crippen LogP contribution in [0.1, 0.15) is 20.7 Å². The Bertz CT molecular complexity index is 2280. The van der Waals surface area contributed by atoms with Gasteiger partial charge in [0.15, 0.2) is 0 Å². The van der Waals surface area contributed by atoms with Gasteiger partial charge in [0.05, 0.1) is 57.5 Å². The number of hydrogen-bond donors (Lipinski definition) is 0. The zero-order valence-corrected chi connectivity index (χ0v) is 31.5. The topological polar surface area (TPSA) is 252 Å². The molecule has 6 N–H and O–H groups in total. The first-order valence-corrected chi connectivity index (χ1v) is 16.8. The van der Waals surface area contributed by atoms with Crippen LogP contribution in [0, 0.1) is 0 Å². The number of carbonyl (C=O) groups is 2. The molecule has 13 nitrogen and oxygen atoms in total. The van der Waals surface area contributed by atoms with Crippen LogP contribution in [0.4, 0.5) is 0 Å². The van der Waals surface area contributed by atoms with E-state index in [1.165, 1.54) is 12.1 Å². The van der Waals surface area contributed by atoms with Gasteiger partial charge < -0.3 is 36.2 Å². The van der Waals surface area contributed by atoms with E-state index in [1.54, 1.807) is 61.2 Å². The molecule has 6 aromatic heterocycles. The third kappa shape index (κ3) is 10.5. The molecule has 0 amide bonds. The van der Waals surface area contributed by atoms with Crippen LogP contribution in [0.15, 0.2) is 170 Å². The van der Waals surface area contributed by atoms with E-state index in [0.29, 0.717) is 45.3 Å². The fraction of sp³-hybridized carbons (Fsp3) is 0. The average Bonchev–Trinajstić information content (AvgIpc) is 3.25. The Hall–Kier alpha value is -7.32. The fourth-order valence-electron chi connectivity index (χ4n) is 5.76. The summed E-state index contributed by atoms with van der Waals surface area (Å²) < 4.78 is 0. The van der Waals surface area contributed by atoms with E-state index in [-0.39, 0.29) is 44.6 Å². The zero-order chi connectivity index (χ0) is 37.3. The van der Waals surface area contributed by atoms with E-state index in [1.807, 2.05) is 97.1 Å². The number of benzene rings is 2. The summed E-state index contributed by atoms with van der Waals surface area (Å²) in [6.45, 7) is 0. The van der Waals surface area contributed by atoms with Gasteiger partial charge in [-0.05, 0) is 72.8 Å². The van der Waals surface area contributed by atoms with Gasteiger partial charge in [0.1, 0.15) is 0 Å². The molecule has 0 bridgehead atoms. The van der Waals surface area contributed by atoms with Gasteiger partial charge in [0, 0.05) is 58.2 Å². The minimum absolute atomic E-state index is 0. The first-order valence-electron chi connectivity index (χ1n) is 16.8. The summed E-state index contributed by atoms with van der Waals surface area (Å²) >= 11 is 0. The summed E-state index contributed by atoms with van der Waals surface area (Å²) in [4.78, 5) is 49.9. The Balaban J connectivity index is 0.000000290. The number of aromatic nitrogens is 6. The van der Waals surface area contributed by atoms with E-state index < -0.39 is 11.9 Å². The first kappa shape index (κ1) is 45.1. The third-order valence-electron chi connectivity index (χ3n) is 8.27. The molecule has 58 heavy (non-hydrogen) atoms. The summed E-state index contributed by atoms with van der Waals surface area (Å²) in [6.07, 6.45) is 6.81. The number of rotatable bonds is 8. The van der Waals surface area contributed by atoms with E-state index in [0.717, 1.165) is 22.5 Å². The van der Waals surface area contributed by atoms with E-state index >= 15 is 0 Å². The Morgan fingerprint density at radius 2 is 0.655 bits per heavy atom. The van der Waals surface area contributed by atoms with E-state index in [4.69, 9.17) is 0 Å². The molecule has 0 saturated carbocycles. The SMILES string of the molecule is O.O.O.O=C([O-])c1ccccc1-c1cc(-c2ccccn2)cc(-c2ccccn2)n1.O=C([O-])c1ccccc1-c1cc(-c2ccccn2)cc(-c2ccccn2)n1.[Mn+2]. The molecule has 6 heterocycles. The van der Waals surface area contributed by atoms with Crippen molar-refractivity contribution < 1.29 is 53.3 Å². The van der Waals surface area contributed by atoms with Crippen LogP contribution < -0.4 is 10.2 Å². The molecule has 0 aliphatic carbocycles. The van der Waals surface area contributed by atoms with Crippen molar-refractivity contribution >= 4 is 11.9 Å². The van der Waals surface area contributed by atoms with Crippen molar-refractivity contribution in [1.82, 2.24) is 29.9 Å². The summed E-state index contributed by atoms with van der Waals surface area (Å²) in [7, 11) is 0. The van der Waals surface area contributed by atoms with Crippen LogP contribution in [0.2, 0.25) is 0 Å². The number of pyridine rings is 6. The molecule has 2 aromatic carbocycles. The van der Waals surface area contributed by atoms with Crippen LogP contribution in [0.3, 0.4) is 0 Å². The molecule has 0 spiro atoms. The smallest absolute Gasteiger partial charge is 0.545 e. The number of nitrogens with zero attached hydrogens (tertiary/aromatic N) is 6. The van der Waals surface area contributed by atoms with Crippen molar-refractivity contribution in [2.75, 3.05) is 0 Å². The van der Waals surface area contributed by atoms with Gasteiger partial charge in [-0.2, -0.15) is 0 Å². The first-order chi connectivity index (χ1) is 26.4. The van der Waals surface area contributed by atoms with Gasteiger partial charge in [-0.15, -0.1) is 0 Å². The number of carboxylic acid groups (broad SMARTS) is 2. The second-order valence-electron chi connectivity index (χ2n) is 11.8. The molecular weight excluding hydrogens is 779 g/mol. The summed E-state index contributed by atoms with van der Waals surface area (Å²) in [5.41, 5.74) is 8.09. The van der Waals surface area contributed by atoms with Gasteiger partial charge in [0.2, 0.25) is 0 Å². The van der Waals surface area contributed by atoms with Crippen molar-refractivity contribution in [3.05, 3.63) is 182 Å². The minimum atomic E-state index is -1.24. The third-order valence-corrected chi connectivity index (χ3v) is 8.27. The number of aromatic carboxylic acids is 2. The molecule has 0 aliphatic heterocycles. The van der Waals surface area contributed by atoms with E-state index in [2.05, 4.69) is 29.9 Å². The van der Waals surface area contributed by atoms with Crippen molar-refractivity contribution in [2.24, 2.45) is 0 Å². The van der Waals surface area contributed by atoms with Gasteiger partial charge in [-0.3, -0.25) is 19.9 Å². The van der Waals surface area contributed by atoms with Gasteiger partial charge in [-0.25, -0.2) is 9.97 Å². The predicted molar refractivity (Wildman–Crippen MR) is 212 cm³/mol. The van der Waals surface area contributed by atoms with Crippen LogP contribution >= 0.6 is 0 Å². The Kier molecular flexibility index (Phi) is 16.4. The molecule has 0 saturated heterocycles. The second kappa shape index (κ2) is 21.1. The maximum atomic E-state index is 11.5. The maximum absolute atomic E-state index is 11.5. The zero-order valence-electron chi connectivity index (χ0n) is 30.4. The number of carboxylic acids is 2. The second-order valence-corrected chi connectivity index (χ2v) is 11.8. The summed E-state index contributed by atoms with van der Waals surface area (Å²) in [6, 6.07) is 43.2. The minimum Gasteiger partial charge on any atom is -0.545 e. The number of carbonyl (C=O) groups excluding carboxylic acids is 2. The monoisotopic (exact) mass is 813 g/mol. The van der Waals surface area contributed by atoms with Gasteiger partial charge >= 0.3 is 17.1 Å². The quantitative estimate of drug-likeness (QED) is 0.199. The molecule has 1 radical (unpaired) electrons. The Labute approximate surface area is 343 Å². The van der Waals surface area contributed by atoms with Crippen molar-refractivity contribution in [1.29, 1.82) is 0 Å². The van der Waals surface area contributed by atoms with Crippen molar-refractivity contribution in [2.45, 2.75) is 0 Å². The van der Waals surface area contributed by atoms with Gasteiger partial charge in [0.25, 0.3) is 0 Å². The molecule has 8 rings (SSSR count). The predicted octanol–water partition coefficient (Wildman–Crippen LogP) is 4.00. The van der Waals surface area contributed by atoms with Gasteiger partial charge in [-0.1, -0.05) is 72.8 Å². The summed E-state index contributed by atoms with van der Waals surface area (Å²) in [5.74, 6) is -2.48. The molecular formula is C44H34MnN6O7. The van der Waals surface area contributed by atoms with Crippen LogP contribution in [-0.4, -0.2) is 58.3 Å². The van der Waals surface area contributed by atoms with Crippen LogP contribution in [-0.2, 0) is 17.1 Å². The van der Waals surface area contributed by atoms with Crippen molar-refractivity contribution in [3.63, 3.8) is 0 Å². The summed E-state index contributed by atoms with van der Waals surface area (Å²) in [5, 5.41) is 23.1. The largest absolute Gasteiger partial charge is 2.00 e. The maximum Gasteiger partial charge on any atom is 2.00 e. The normalized spacial score (nSPS) is 9.79. The Morgan fingerprint density at radius 1 is 0.362 bits per heavy atom. The molecule has 0 aliphatic rings. The average molecular weight is 814 g/mol. The standard InChI is InChI=1S/2C22H15N3O2.Mn.3H2O/c2*26-22(27)17-8-2-1-7-16(17)20-13-15(18-9-3-5-11-23-18)14-21(25-20)19-10-4-6-12-24-19;;;;/h2*1-14H,(H,26,27);;3*1H2/q;;+2;;;/p-2. The molecule has 0 fully saturated rings. The molecule has 0 atom stereocenters. The molecule has 14 heteroatoms. The van der Waals surface area contributed by atoms with Crippen molar-refractivity contribution in [3.8, 4) is 67.8 Å². The van der Waals surface area contributed by atoms with Crippen LogP contribution in [0.25, 0.3) is 67.8 Å². The fourth-order valence-corrected chi connectivity index (χ4v) is 5.76. The van der Waals surface area contributed by atoms with E-state index in [9.17, 15) is 19.8 Å².